The second-order valence-electron chi connectivity index (χ2n) is 7.07. The van der Waals surface area contributed by atoms with Gasteiger partial charge in [0.1, 0.15) is 11.5 Å². The molecule has 2 N–H and O–H groups in total. The second-order valence-corrected chi connectivity index (χ2v) is 8.66. The quantitative estimate of drug-likeness (QED) is 0.599. The molecule has 0 bridgehead atoms. The molecule has 0 aromatic heterocycles. The minimum Gasteiger partial charge on any atom is -0.496 e. The van der Waals surface area contributed by atoms with E-state index in [4.69, 9.17) is 21.1 Å². The van der Waals surface area contributed by atoms with Crippen molar-refractivity contribution in [3.8, 4) is 11.5 Å². The first-order valence-electron chi connectivity index (χ1n) is 9.30. The molecule has 2 aromatic rings. The van der Waals surface area contributed by atoms with Crippen LogP contribution >= 0.6 is 23.4 Å². The number of carbonyl (C=O) groups is 1. The van der Waals surface area contributed by atoms with Crippen LogP contribution in [0.1, 0.15) is 36.5 Å². The summed E-state index contributed by atoms with van der Waals surface area (Å²) in [5.74, 6) is 1.73. The van der Waals surface area contributed by atoms with E-state index in [1.165, 1.54) is 11.8 Å². The van der Waals surface area contributed by atoms with Crippen molar-refractivity contribution >= 4 is 41.0 Å². The number of ether oxygens (including phenoxy) is 2. The molecule has 1 atom stereocenters. The number of amides is 1. The van der Waals surface area contributed by atoms with Gasteiger partial charge in [0.2, 0.25) is 0 Å². The molecule has 1 heterocycles. The van der Waals surface area contributed by atoms with E-state index in [1.807, 2.05) is 19.1 Å². The molecule has 0 spiro atoms. The maximum absolute atomic E-state index is 12.5. The summed E-state index contributed by atoms with van der Waals surface area (Å²) in [7, 11) is 3.28. The largest absolute Gasteiger partial charge is 0.496 e. The third-order valence-corrected chi connectivity index (χ3v) is 5.97. The summed E-state index contributed by atoms with van der Waals surface area (Å²) in [6.45, 7) is 6.27. The van der Waals surface area contributed by atoms with Crippen LogP contribution in [0.3, 0.4) is 0 Å². The van der Waals surface area contributed by atoms with E-state index in [9.17, 15) is 4.79 Å². The number of benzene rings is 2. The van der Waals surface area contributed by atoms with Crippen LogP contribution in [0.15, 0.2) is 35.2 Å². The molecule has 1 aliphatic rings. The van der Waals surface area contributed by atoms with Crippen molar-refractivity contribution in [1.82, 2.24) is 5.32 Å². The van der Waals surface area contributed by atoms with Gasteiger partial charge in [-0.3, -0.25) is 4.79 Å². The van der Waals surface area contributed by atoms with Crippen molar-refractivity contribution in [3.05, 3.63) is 56.9 Å². The molecule has 1 amide bonds. The highest BCUT2D eigenvalue weighted by Crippen LogP contribution is 2.36. The van der Waals surface area contributed by atoms with E-state index in [0.29, 0.717) is 21.6 Å². The average molecular weight is 433 g/mol. The summed E-state index contributed by atoms with van der Waals surface area (Å²) in [5.41, 5.74) is 3.59. The molecule has 1 fully saturated rings. The zero-order chi connectivity index (χ0) is 21.1. The zero-order valence-corrected chi connectivity index (χ0v) is 18.7. The fourth-order valence-electron chi connectivity index (χ4n) is 3.14. The first kappa shape index (κ1) is 21.4. The zero-order valence-electron chi connectivity index (χ0n) is 17.1. The Morgan fingerprint density at radius 3 is 2.55 bits per heavy atom. The van der Waals surface area contributed by atoms with Gasteiger partial charge in [-0.2, -0.15) is 0 Å². The van der Waals surface area contributed by atoms with Gasteiger partial charge in [0.15, 0.2) is 5.50 Å². The number of anilines is 1. The lowest BCUT2D eigenvalue weighted by molar-refractivity contribution is -0.116. The Balaban J connectivity index is 1.85. The van der Waals surface area contributed by atoms with Crippen LogP contribution < -0.4 is 20.1 Å². The molecule has 3 rings (SSSR count). The van der Waals surface area contributed by atoms with Crippen LogP contribution in [-0.4, -0.2) is 25.6 Å². The molecule has 1 aliphatic heterocycles. The van der Waals surface area contributed by atoms with Crippen molar-refractivity contribution < 1.29 is 14.3 Å². The van der Waals surface area contributed by atoms with Crippen LogP contribution in [0, 0.1) is 6.92 Å². The van der Waals surface area contributed by atoms with E-state index >= 15 is 0 Å². The third-order valence-electron chi connectivity index (χ3n) is 4.71. The number of hydrogen-bond acceptors (Lipinski definition) is 5. The highest BCUT2D eigenvalue weighted by molar-refractivity contribution is 8.05. The lowest BCUT2D eigenvalue weighted by atomic mass is 9.96. The summed E-state index contributed by atoms with van der Waals surface area (Å²) >= 11 is 7.52. The number of halogens is 1. The van der Waals surface area contributed by atoms with Gasteiger partial charge < -0.3 is 20.1 Å². The summed E-state index contributed by atoms with van der Waals surface area (Å²) in [5, 5.41) is 6.81. The highest BCUT2D eigenvalue weighted by Gasteiger charge is 2.28. The lowest BCUT2D eigenvalue weighted by Crippen LogP contribution is -2.31. The van der Waals surface area contributed by atoms with E-state index < -0.39 is 0 Å². The molecule has 2 aromatic carbocycles. The van der Waals surface area contributed by atoms with Crippen molar-refractivity contribution in [3.63, 3.8) is 0 Å². The SMILES string of the molecule is COc1ccc(Cl)cc1NC1NC(=O)/C(=C/c2cc(C(C)C)c(OC)cc2C)S1. The predicted molar refractivity (Wildman–Crippen MR) is 121 cm³/mol. The molecule has 29 heavy (non-hydrogen) atoms. The smallest absolute Gasteiger partial charge is 0.260 e. The van der Waals surface area contributed by atoms with Gasteiger partial charge in [0, 0.05) is 5.02 Å². The number of rotatable bonds is 6. The molecule has 154 valence electrons. The van der Waals surface area contributed by atoms with Gasteiger partial charge >= 0.3 is 0 Å². The maximum Gasteiger partial charge on any atom is 0.260 e. The molecule has 1 saturated heterocycles. The van der Waals surface area contributed by atoms with Gasteiger partial charge in [-0.25, -0.2) is 0 Å². The van der Waals surface area contributed by atoms with Crippen molar-refractivity contribution in [2.24, 2.45) is 0 Å². The molecule has 1 unspecified atom stereocenters. The normalized spacial score (nSPS) is 17.6. The van der Waals surface area contributed by atoms with Crippen molar-refractivity contribution in [1.29, 1.82) is 0 Å². The maximum atomic E-state index is 12.5. The van der Waals surface area contributed by atoms with E-state index in [2.05, 4.69) is 30.5 Å². The first-order valence-corrected chi connectivity index (χ1v) is 10.6. The predicted octanol–water partition coefficient (Wildman–Crippen LogP) is 5.39. The number of hydrogen-bond donors (Lipinski definition) is 2. The number of aryl methyl sites for hydroxylation is 1. The fourth-order valence-corrected chi connectivity index (χ4v) is 4.28. The Labute approximate surface area is 180 Å². The Bertz CT molecular complexity index is 959. The number of thioether (sulfide) groups is 1. The van der Waals surface area contributed by atoms with Gasteiger partial charge in [0.05, 0.1) is 24.8 Å². The number of nitrogens with one attached hydrogen (secondary N) is 2. The molecular formula is C22H25ClN2O3S. The van der Waals surface area contributed by atoms with Crippen LogP contribution in [0.25, 0.3) is 6.08 Å². The number of carbonyl (C=O) groups excluding carboxylic acids is 1. The van der Waals surface area contributed by atoms with E-state index in [-0.39, 0.29) is 11.4 Å². The van der Waals surface area contributed by atoms with Crippen LogP contribution in [0.2, 0.25) is 5.02 Å². The summed E-state index contributed by atoms with van der Waals surface area (Å²) in [6.07, 6.45) is 1.93. The van der Waals surface area contributed by atoms with Gasteiger partial charge in [-0.1, -0.05) is 37.2 Å². The van der Waals surface area contributed by atoms with Gasteiger partial charge in [0.25, 0.3) is 5.91 Å². The van der Waals surface area contributed by atoms with Gasteiger partial charge in [-0.05, 0) is 65.9 Å². The molecular weight excluding hydrogens is 408 g/mol. The Morgan fingerprint density at radius 1 is 1.17 bits per heavy atom. The minimum atomic E-state index is -0.316. The Hall–Kier alpha value is -2.31. The van der Waals surface area contributed by atoms with E-state index in [1.54, 1.807) is 32.4 Å². The van der Waals surface area contributed by atoms with Crippen LogP contribution in [0.4, 0.5) is 5.69 Å². The Kier molecular flexibility index (Phi) is 6.65. The fraction of sp³-hybridized carbons (Fsp3) is 0.318. The lowest BCUT2D eigenvalue weighted by Gasteiger charge is -2.16. The molecule has 7 heteroatoms. The standard InChI is InChI=1S/C22H25ClN2O3S/c1-12(2)16-9-14(13(3)8-19(16)28-5)10-20-21(26)25-22(29-20)24-17-11-15(23)6-7-18(17)27-4/h6-12,22,24H,1-5H3,(H,25,26)/b20-10-. The van der Waals surface area contributed by atoms with Crippen molar-refractivity contribution in [2.45, 2.75) is 32.2 Å². The minimum absolute atomic E-state index is 0.116. The van der Waals surface area contributed by atoms with Crippen LogP contribution in [0.5, 0.6) is 11.5 Å². The number of methoxy groups -OCH3 is 2. The highest BCUT2D eigenvalue weighted by atomic mass is 35.5. The summed E-state index contributed by atoms with van der Waals surface area (Å²) < 4.78 is 10.9. The topological polar surface area (TPSA) is 59.6 Å². The summed E-state index contributed by atoms with van der Waals surface area (Å²) in [6, 6.07) is 9.44. The molecule has 0 radical (unpaired) electrons. The van der Waals surface area contributed by atoms with Crippen LogP contribution in [-0.2, 0) is 4.79 Å². The molecule has 0 aliphatic carbocycles. The molecule has 5 nitrogen and oxygen atoms in total. The second kappa shape index (κ2) is 9.01. The summed E-state index contributed by atoms with van der Waals surface area (Å²) in [4.78, 5) is 13.2. The Morgan fingerprint density at radius 2 is 1.90 bits per heavy atom. The molecule has 0 saturated carbocycles. The monoisotopic (exact) mass is 432 g/mol. The third kappa shape index (κ3) is 4.82. The van der Waals surface area contributed by atoms with Gasteiger partial charge in [-0.15, -0.1) is 0 Å². The first-order chi connectivity index (χ1) is 13.8. The van der Waals surface area contributed by atoms with E-state index in [0.717, 1.165) is 28.1 Å². The van der Waals surface area contributed by atoms with Crippen molar-refractivity contribution in [2.75, 3.05) is 19.5 Å². The average Bonchev–Trinajstić information content (AvgIpc) is 3.01.